The number of rotatable bonds is 6. The minimum Gasteiger partial charge on any atom is -0.506 e. The van der Waals surface area contributed by atoms with E-state index in [0.29, 0.717) is 26.9 Å². The van der Waals surface area contributed by atoms with Crippen LogP contribution in [-0.4, -0.2) is 13.5 Å². The van der Waals surface area contributed by atoms with Gasteiger partial charge in [0.25, 0.3) is 10.0 Å². The second-order valence-corrected chi connectivity index (χ2v) is 9.41. The van der Waals surface area contributed by atoms with E-state index >= 15 is 0 Å². The summed E-state index contributed by atoms with van der Waals surface area (Å²) in [4.78, 5) is 1.69. The molecule has 0 aromatic heterocycles. The first-order valence-corrected chi connectivity index (χ1v) is 10.9. The van der Waals surface area contributed by atoms with Crippen molar-refractivity contribution in [2.75, 3.05) is 4.72 Å². The van der Waals surface area contributed by atoms with Crippen LogP contribution in [0.25, 0.3) is 10.8 Å². The molecule has 3 aromatic carbocycles. The van der Waals surface area contributed by atoms with Crippen molar-refractivity contribution in [3.8, 4) is 5.75 Å². The van der Waals surface area contributed by atoms with Crippen molar-refractivity contribution in [2.24, 2.45) is 0 Å². The third-order valence-electron chi connectivity index (χ3n) is 4.07. The van der Waals surface area contributed by atoms with E-state index in [2.05, 4.69) is 11.3 Å². The largest absolute Gasteiger partial charge is 0.506 e. The van der Waals surface area contributed by atoms with Crippen LogP contribution >= 0.6 is 11.8 Å². The molecule has 0 fully saturated rings. The molecule has 4 nitrogen and oxygen atoms in total. The molecule has 6 heteroatoms. The monoisotopic (exact) mass is 411 g/mol. The molecule has 0 heterocycles. The van der Waals surface area contributed by atoms with Crippen LogP contribution in [0.3, 0.4) is 0 Å². The van der Waals surface area contributed by atoms with E-state index in [-0.39, 0.29) is 10.7 Å². The van der Waals surface area contributed by atoms with Crippen molar-refractivity contribution in [3.63, 3.8) is 0 Å². The summed E-state index contributed by atoms with van der Waals surface area (Å²) in [6, 6.07) is 18.4. The number of sulfonamides is 1. The summed E-state index contributed by atoms with van der Waals surface area (Å²) < 4.78 is 28.1. The van der Waals surface area contributed by atoms with E-state index < -0.39 is 10.0 Å². The Bertz CT molecular complexity index is 1170. The third kappa shape index (κ3) is 4.40. The highest BCUT2D eigenvalue weighted by molar-refractivity contribution is 7.99. The van der Waals surface area contributed by atoms with Gasteiger partial charge in [-0.25, -0.2) is 8.42 Å². The van der Waals surface area contributed by atoms with Gasteiger partial charge in [-0.2, -0.15) is 0 Å². The molecule has 2 N–H and O–H groups in total. The average Bonchev–Trinajstić information content (AvgIpc) is 2.65. The quantitative estimate of drug-likeness (QED) is 0.390. The lowest BCUT2D eigenvalue weighted by Crippen LogP contribution is -2.14. The zero-order valence-electron chi connectivity index (χ0n) is 15.6. The van der Waals surface area contributed by atoms with Crippen molar-refractivity contribution in [1.29, 1.82) is 0 Å². The molecule has 0 spiro atoms. The lowest BCUT2D eigenvalue weighted by molar-refractivity contribution is 0.469. The van der Waals surface area contributed by atoms with Gasteiger partial charge in [-0.05, 0) is 38.1 Å². The van der Waals surface area contributed by atoms with Gasteiger partial charge < -0.3 is 5.11 Å². The van der Waals surface area contributed by atoms with Gasteiger partial charge in [0.05, 0.1) is 15.5 Å². The fourth-order valence-electron chi connectivity index (χ4n) is 2.76. The average molecular weight is 412 g/mol. The first-order valence-electron chi connectivity index (χ1n) is 8.62. The molecule has 3 rings (SSSR count). The van der Waals surface area contributed by atoms with E-state index in [1.807, 2.05) is 36.4 Å². The molecule has 0 radical (unpaired) electrons. The molecule has 144 valence electrons. The zero-order valence-corrected chi connectivity index (χ0v) is 17.3. The van der Waals surface area contributed by atoms with Crippen molar-refractivity contribution in [3.05, 3.63) is 83.8 Å². The number of benzene rings is 3. The van der Waals surface area contributed by atoms with Gasteiger partial charge in [0, 0.05) is 15.7 Å². The highest BCUT2D eigenvalue weighted by Gasteiger charge is 2.18. The number of fused-ring (bicyclic) bond motifs is 1. The molecule has 0 saturated heterocycles. The van der Waals surface area contributed by atoms with E-state index in [4.69, 9.17) is 0 Å². The maximum absolute atomic E-state index is 12.7. The molecule has 0 unspecified atom stereocenters. The predicted octanol–water partition coefficient (Wildman–Crippen LogP) is 5.92. The fourth-order valence-corrected chi connectivity index (χ4v) is 4.67. The van der Waals surface area contributed by atoms with E-state index in [1.165, 1.54) is 24.8 Å². The summed E-state index contributed by atoms with van der Waals surface area (Å²) in [6.07, 6.45) is 1.52. The standard InChI is InChI=1S/C22H21NO3S2/c1-15(2)13-16(3)28(25,26)23-20-14-21(27-17-9-5-4-6-10-17)22(24)19-12-8-7-11-18(19)20/h4-14,23-24H,1H2,2-3H3/b16-13+. The minimum atomic E-state index is -3.74. The number of aromatic hydroxyl groups is 1. The van der Waals surface area contributed by atoms with Gasteiger partial charge in [0.1, 0.15) is 5.75 Å². The van der Waals surface area contributed by atoms with Crippen LogP contribution in [0.4, 0.5) is 5.69 Å². The van der Waals surface area contributed by atoms with Crippen molar-refractivity contribution >= 4 is 38.2 Å². The lowest BCUT2D eigenvalue weighted by atomic mass is 10.1. The smallest absolute Gasteiger partial charge is 0.257 e. The molecule has 3 aromatic rings. The van der Waals surface area contributed by atoms with Crippen LogP contribution in [0.5, 0.6) is 5.75 Å². The summed E-state index contributed by atoms with van der Waals surface area (Å²) in [5, 5.41) is 12.0. The molecular formula is C22H21NO3S2. The topological polar surface area (TPSA) is 66.4 Å². The van der Waals surface area contributed by atoms with Gasteiger partial charge in [-0.3, -0.25) is 4.72 Å². The molecular weight excluding hydrogens is 390 g/mol. The highest BCUT2D eigenvalue weighted by Crippen LogP contribution is 2.42. The second kappa shape index (κ2) is 8.12. The normalized spacial score (nSPS) is 12.1. The predicted molar refractivity (Wildman–Crippen MR) is 117 cm³/mol. The van der Waals surface area contributed by atoms with Gasteiger partial charge in [-0.15, -0.1) is 0 Å². The van der Waals surface area contributed by atoms with E-state index in [9.17, 15) is 13.5 Å². The minimum absolute atomic E-state index is 0.126. The van der Waals surface area contributed by atoms with Gasteiger partial charge >= 0.3 is 0 Å². The van der Waals surface area contributed by atoms with Gasteiger partial charge in [0.15, 0.2) is 0 Å². The van der Waals surface area contributed by atoms with Crippen molar-refractivity contribution in [2.45, 2.75) is 23.6 Å². The van der Waals surface area contributed by atoms with Crippen LogP contribution in [0, 0.1) is 0 Å². The van der Waals surface area contributed by atoms with Crippen LogP contribution in [0.15, 0.2) is 93.6 Å². The van der Waals surface area contributed by atoms with E-state index in [0.717, 1.165) is 4.90 Å². The summed E-state index contributed by atoms with van der Waals surface area (Å²) >= 11 is 1.37. The Hall–Kier alpha value is -2.70. The lowest BCUT2D eigenvalue weighted by Gasteiger charge is -2.15. The molecule has 0 aliphatic carbocycles. The summed E-state index contributed by atoms with van der Waals surface area (Å²) in [6.45, 7) is 7.00. The third-order valence-corrected chi connectivity index (χ3v) is 6.56. The van der Waals surface area contributed by atoms with Crippen molar-refractivity contribution in [1.82, 2.24) is 0 Å². The Kier molecular flexibility index (Phi) is 5.82. The number of hydrogen-bond donors (Lipinski definition) is 2. The van der Waals surface area contributed by atoms with Crippen LogP contribution in [0.2, 0.25) is 0 Å². The van der Waals surface area contributed by atoms with E-state index in [1.54, 1.807) is 31.2 Å². The SMILES string of the molecule is C=C(C)/C=C(\C)S(=O)(=O)Nc1cc(Sc2ccccc2)c(O)c2ccccc12. The Morgan fingerprint density at radius 3 is 2.29 bits per heavy atom. The summed E-state index contributed by atoms with van der Waals surface area (Å²) in [5.74, 6) is 0.126. The molecule has 0 bridgehead atoms. The van der Waals surface area contributed by atoms with Crippen LogP contribution in [0.1, 0.15) is 13.8 Å². The number of phenolic OH excluding ortho intramolecular Hbond substituents is 1. The number of nitrogens with one attached hydrogen (secondary N) is 1. The number of hydrogen-bond acceptors (Lipinski definition) is 4. The van der Waals surface area contributed by atoms with Gasteiger partial charge in [0.2, 0.25) is 0 Å². The molecule has 0 aliphatic rings. The number of anilines is 1. The molecule has 0 aliphatic heterocycles. The maximum Gasteiger partial charge on any atom is 0.257 e. The summed E-state index contributed by atoms with van der Waals surface area (Å²) in [7, 11) is -3.74. The number of phenols is 1. The van der Waals surface area contributed by atoms with Crippen LogP contribution in [-0.2, 0) is 10.0 Å². The van der Waals surface area contributed by atoms with Gasteiger partial charge in [-0.1, -0.05) is 66.4 Å². The molecule has 0 saturated carbocycles. The first kappa shape index (κ1) is 20.0. The Morgan fingerprint density at radius 1 is 1.04 bits per heavy atom. The molecule has 28 heavy (non-hydrogen) atoms. The number of allylic oxidation sites excluding steroid dienone is 3. The second-order valence-electron chi connectivity index (χ2n) is 6.44. The highest BCUT2D eigenvalue weighted by atomic mass is 32.2. The summed E-state index contributed by atoms with van der Waals surface area (Å²) in [5.41, 5.74) is 1.07. The molecule has 0 atom stereocenters. The first-order chi connectivity index (χ1) is 13.3. The molecule has 0 amide bonds. The Labute approximate surface area is 169 Å². The fraction of sp³-hybridized carbons (Fsp3) is 0.0909. The zero-order chi connectivity index (χ0) is 20.3. The Balaban J connectivity index is 2.11. The van der Waals surface area contributed by atoms with Crippen LogP contribution < -0.4 is 4.72 Å². The Morgan fingerprint density at radius 2 is 1.64 bits per heavy atom. The van der Waals surface area contributed by atoms with Crippen molar-refractivity contribution < 1.29 is 13.5 Å². The maximum atomic E-state index is 12.7.